The Labute approximate surface area is 132 Å². The van der Waals surface area contributed by atoms with Crippen molar-refractivity contribution in [3.05, 3.63) is 58.6 Å². The Hall–Kier alpha value is -1.67. The van der Waals surface area contributed by atoms with E-state index in [4.69, 9.17) is 16.3 Å². The van der Waals surface area contributed by atoms with Crippen LogP contribution in [0.25, 0.3) is 0 Å². The van der Waals surface area contributed by atoms with Crippen LogP contribution in [0.2, 0.25) is 5.02 Å². The minimum Gasteiger partial charge on any atom is -0.491 e. The van der Waals surface area contributed by atoms with Crippen molar-refractivity contribution in [3.8, 4) is 5.75 Å². The molecule has 0 saturated carbocycles. The fraction of sp³-hybridized carbons (Fsp3) is 0.333. The fourth-order valence-corrected chi connectivity index (χ4v) is 2.52. The van der Waals surface area contributed by atoms with E-state index in [1.807, 2.05) is 24.3 Å². The van der Waals surface area contributed by atoms with E-state index in [1.54, 1.807) is 0 Å². The lowest BCUT2D eigenvalue weighted by molar-refractivity contribution is 0.318. The summed E-state index contributed by atoms with van der Waals surface area (Å²) in [5, 5.41) is 4.27. The molecule has 0 aromatic heterocycles. The Bertz CT molecular complexity index is 598. The molecule has 0 saturated heterocycles. The minimum absolute atomic E-state index is 0.116. The van der Waals surface area contributed by atoms with Crippen molar-refractivity contribution in [3.63, 3.8) is 0 Å². The van der Waals surface area contributed by atoms with E-state index in [-0.39, 0.29) is 6.04 Å². The van der Waals surface area contributed by atoms with Crippen molar-refractivity contribution in [1.82, 2.24) is 0 Å². The molecule has 0 aliphatic heterocycles. The summed E-state index contributed by atoms with van der Waals surface area (Å²) in [6.07, 6.45) is 0.994. The lowest BCUT2D eigenvalue weighted by atomic mass is 10.1. The first-order valence-electron chi connectivity index (χ1n) is 7.36. The molecule has 2 aromatic rings. The van der Waals surface area contributed by atoms with Gasteiger partial charge in [0.05, 0.1) is 18.3 Å². The van der Waals surface area contributed by atoms with Crippen LogP contribution >= 0.6 is 11.6 Å². The zero-order chi connectivity index (χ0) is 15.2. The molecular weight excluding hydrogens is 282 g/mol. The Morgan fingerprint density at radius 3 is 2.67 bits per heavy atom. The van der Waals surface area contributed by atoms with Crippen molar-refractivity contribution >= 4 is 17.3 Å². The number of anilines is 1. The quantitative estimate of drug-likeness (QED) is 0.749. The number of nitrogens with one attached hydrogen (secondary N) is 1. The van der Waals surface area contributed by atoms with Gasteiger partial charge in [0.15, 0.2) is 0 Å². The van der Waals surface area contributed by atoms with Crippen LogP contribution in [0.4, 0.5) is 5.69 Å². The van der Waals surface area contributed by atoms with Gasteiger partial charge in [-0.3, -0.25) is 0 Å². The average Bonchev–Trinajstić information content (AvgIpc) is 2.47. The second-order valence-electron chi connectivity index (χ2n) is 5.24. The van der Waals surface area contributed by atoms with Gasteiger partial charge in [-0.2, -0.15) is 0 Å². The SMILES string of the molecule is CCCOc1cc(C)ccc1NC(C)c1ccccc1Cl. The maximum absolute atomic E-state index is 6.26. The summed E-state index contributed by atoms with van der Waals surface area (Å²) in [7, 11) is 0. The molecule has 0 radical (unpaired) electrons. The van der Waals surface area contributed by atoms with Gasteiger partial charge in [0.1, 0.15) is 5.75 Å². The van der Waals surface area contributed by atoms with E-state index in [0.29, 0.717) is 0 Å². The van der Waals surface area contributed by atoms with E-state index >= 15 is 0 Å². The van der Waals surface area contributed by atoms with Gasteiger partial charge in [-0.05, 0) is 49.6 Å². The van der Waals surface area contributed by atoms with Crippen molar-refractivity contribution in [2.45, 2.75) is 33.2 Å². The normalized spacial score (nSPS) is 12.0. The molecule has 1 atom stereocenters. The number of benzene rings is 2. The Morgan fingerprint density at radius 1 is 1.19 bits per heavy atom. The molecule has 3 heteroatoms. The molecule has 2 aromatic carbocycles. The number of rotatable bonds is 6. The van der Waals surface area contributed by atoms with E-state index < -0.39 is 0 Å². The maximum Gasteiger partial charge on any atom is 0.142 e. The number of ether oxygens (including phenoxy) is 1. The van der Waals surface area contributed by atoms with Crippen LogP contribution < -0.4 is 10.1 Å². The largest absolute Gasteiger partial charge is 0.491 e. The van der Waals surface area contributed by atoms with Gasteiger partial charge < -0.3 is 10.1 Å². The standard InChI is InChI=1S/C18H22ClNO/c1-4-11-21-18-12-13(2)9-10-17(18)20-14(3)15-7-5-6-8-16(15)19/h5-10,12,14,20H,4,11H2,1-3H3. The number of aryl methyl sites for hydroxylation is 1. The van der Waals surface area contributed by atoms with Crippen molar-refractivity contribution < 1.29 is 4.74 Å². The number of hydrogen-bond acceptors (Lipinski definition) is 2. The molecule has 0 aliphatic rings. The van der Waals surface area contributed by atoms with Gasteiger partial charge in [-0.1, -0.05) is 42.8 Å². The molecule has 0 bridgehead atoms. The highest BCUT2D eigenvalue weighted by Gasteiger charge is 2.12. The molecule has 0 spiro atoms. The van der Waals surface area contributed by atoms with Crippen molar-refractivity contribution in [1.29, 1.82) is 0 Å². The summed E-state index contributed by atoms with van der Waals surface area (Å²) in [5.41, 5.74) is 3.28. The van der Waals surface area contributed by atoms with Crippen molar-refractivity contribution in [2.75, 3.05) is 11.9 Å². The Balaban J connectivity index is 2.20. The van der Waals surface area contributed by atoms with Crippen LogP contribution in [0.5, 0.6) is 5.75 Å². The zero-order valence-electron chi connectivity index (χ0n) is 12.8. The van der Waals surface area contributed by atoms with Crippen LogP contribution in [0.15, 0.2) is 42.5 Å². The van der Waals surface area contributed by atoms with Gasteiger partial charge in [0.2, 0.25) is 0 Å². The van der Waals surface area contributed by atoms with Crippen LogP contribution in [-0.2, 0) is 0 Å². The highest BCUT2D eigenvalue weighted by molar-refractivity contribution is 6.31. The highest BCUT2D eigenvalue weighted by Crippen LogP contribution is 2.31. The van der Waals surface area contributed by atoms with Gasteiger partial charge in [-0.15, -0.1) is 0 Å². The van der Waals surface area contributed by atoms with Crippen LogP contribution in [0.1, 0.15) is 37.4 Å². The molecule has 112 valence electrons. The predicted molar refractivity (Wildman–Crippen MR) is 90.5 cm³/mol. The lowest BCUT2D eigenvalue weighted by Gasteiger charge is -2.20. The molecule has 0 fully saturated rings. The van der Waals surface area contributed by atoms with Gasteiger partial charge in [0.25, 0.3) is 0 Å². The first-order chi connectivity index (χ1) is 10.1. The third-order valence-corrected chi connectivity index (χ3v) is 3.69. The maximum atomic E-state index is 6.26. The second kappa shape index (κ2) is 7.37. The topological polar surface area (TPSA) is 21.3 Å². The van der Waals surface area contributed by atoms with Crippen LogP contribution in [0.3, 0.4) is 0 Å². The minimum atomic E-state index is 0.116. The summed E-state index contributed by atoms with van der Waals surface area (Å²) in [5.74, 6) is 0.899. The monoisotopic (exact) mass is 303 g/mol. The zero-order valence-corrected chi connectivity index (χ0v) is 13.6. The first kappa shape index (κ1) is 15.7. The smallest absolute Gasteiger partial charge is 0.142 e. The van der Waals surface area contributed by atoms with E-state index in [9.17, 15) is 0 Å². The molecule has 2 rings (SSSR count). The molecule has 21 heavy (non-hydrogen) atoms. The first-order valence-corrected chi connectivity index (χ1v) is 7.74. The summed E-state index contributed by atoms with van der Waals surface area (Å²) >= 11 is 6.26. The van der Waals surface area contributed by atoms with E-state index in [0.717, 1.165) is 35.1 Å². The van der Waals surface area contributed by atoms with Gasteiger partial charge >= 0.3 is 0 Å². The Kier molecular flexibility index (Phi) is 5.51. The molecule has 0 amide bonds. The molecule has 1 unspecified atom stereocenters. The fourth-order valence-electron chi connectivity index (χ4n) is 2.22. The number of halogens is 1. The van der Waals surface area contributed by atoms with Crippen molar-refractivity contribution in [2.24, 2.45) is 0 Å². The summed E-state index contributed by atoms with van der Waals surface area (Å²) in [4.78, 5) is 0. The third-order valence-electron chi connectivity index (χ3n) is 3.34. The van der Waals surface area contributed by atoms with Crippen LogP contribution in [-0.4, -0.2) is 6.61 Å². The average molecular weight is 304 g/mol. The molecule has 0 heterocycles. The van der Waals surface area contributed by atoms with Gasteiger partial charge in [0, 0.05) is 5.02 Å². The summed E-state index contributed by atoms with van der Waals surface area (Å²) < 4.78 is 5.84. The molecular formula is C18H22ClNO. The second-order valence-corrected chi connectivity index (χ2v) is 5.64. The summed E-state index contributed by atoms with van der Waals surface area (Å²) in [6.45, 7) is 7.00. The number of hydrogen-bond donors (Lipinski definition) is 1. The van der Waals surface area contributed by atoms with E-state index in [1.165, 1.54) is 5.56 Å². The van der Waals surface area contributed by atoms with E-state index in [2.05, 4.69) is 44.3 Å². The van der Waals surface area contributed by atoms with Crippen LogP contribution in [0, 0.1) is 6.92 Å². The van der Waals surface area contributed by atoms with Gasteiger partial charge in [-0.25, -0.2) is 0 Å². The summed E-state index contributed by atoms with van der Waals surface area (Å²) in [6, 6.07) is 14.2. The lowest BCUT2D eigenvalue weighted by Crippen LogP contribution is -2.09. The molecule has 0 aliphatic carbocycles. The highest BCUT2D eigenvalue weighted by atomic mass is 35.5. The molecule has 1 N–H and O–H groups in total. The third kappa shape index (κ3) is 4.15. The molecule has 2 nitrogen and oxygen atoms in total. The Morgan fingerprint density at radius 2 is 1.95 bits per heavy atom. The predicted octanol–water partition coefficient (Wildman–Crippen LogP) is 5.61.